The van der Waals surface area contributed by atoms with Crippen molar-refractivity contribution in [3.63, 3.8) is 0 Å². The highest BCUT2D eigenvalue weighted by atomic mass is 32.2. The fourth-order valence-electron chi connectivity index (χ4n) is 3.84. The van der Waals surface area contributed by atoms with Crippen molar-refractivity contribution in [2.24, 2.45) is 0 Å². The Morgan fingerprint density at radius 2 is 1.68 bits per heavy atom. The maximum absolute atomic E-state index is 13.7. The van der Waals surface area contributed by atoms with E-state index >= 15 is 0 Å². The van der Waals surface area contributed by atoms with E-state index in [1.165, 1.54) is 26.4 Å². The number of imidazole rings is 1. The summed E-state index contributed by atoms with van der Waals surface area (Å²) in [7, 11) is -1.58. The Kier molecular flexibility index (Phi) is 7.50. The number of fused-ring (bicyclic) bond motifs is 1. The van der Waals surface area contributed by atoms with Crippen LogP contribution in [-0.2, 0) is 27.0 Å². The number of hydrogen-bond donors (Lipinski definition) is 0. The maximum Gasteiger partial charge on any atom is 0.573 e. The smallest absolute Gasteiger partial charge is 0.573 e. The molecule has 38 heavy (non-hydrogen) atoms. The molecule has 1 atom stereocenters. The predicted molar refractivity (Wildman–Crippen MR) is 132 cm³/mol. The molecule has 0 spiro atoms. The summed E-state index contributed by atoms with van der Waals surface area (Å²) in [6.07, 6.45) is -3.38. The molecule has 0 amide bonds. The van der Waals surface area contributed by atoms with Gasteiger partial charge in [-0.05, 0) is 50.2 Å². The Bertz CT molecular complexity index is 1590. The van der Waals surface area contributed by atoms with Gasteiger partial charge in [0.2, 0.25) is 0 Å². The highest BCUT2D eigenvalue weighted by molar-refractivity contribution is 7.93. The van der Waals surface area contributed by atoms with Crippen LogP contribution in [-0.4, -0.2) is 47.5 Å². The number of alkyl halides is 3. The number of methoxy groups -OCH3 is 2. The summed E-state index contributed by atoms with van der Waals surface area (Å²) in [4.78, 5) is 8.30. The van der Waals surface area contributed by atoms with Crippen molar-refractivity contribution in [3.8, 4) is 17.2 Å². The largest absolute Gasteiger partial charge is 0.609 e. The molecule has 0 radical (unpaired) electrons. The fraction of sp³-hybridized carbons (Fsp3) is 0.250. The summed E-state index contributed by atoms with van der Waals surface area (Å²) >= 11 is -2.01. The van der Waals surface area contributed by atoms with Gasteiger partial charge in [0.15, 0.2) is 5.75 Å². The normalized spacial score (nSPS) is 12.9. The average Bonchev–Trinajstić information content (AvgIpc) is 3.25. The number of nitrogens with zero attached hydrogens (tertiary/aromatic N) is 3. The Hall–Kier alpha value is -3.49. The molecular weight excluding hydrogens is 547 g/mol. The van der Waals surface area contributed by atoms with Crippen LogP contribution in [0.4, 0.5) is 13.2 Å². The van der Waals surface area contributed by atoms with Gasteiger partial charge in [-0.2, -0.15) is 8.96 Å². The van der Waals surface area contributed by atoms with E-state index in [1.807, 2.05) is 6.92 Å². The molecule has 2 aromatic carbocycles. The van der Waals surface area contributed by atoms with Crippen molar-refractivity contribution in [2.45, 2.75) is 36.0 Å². The first kappa shape index (κ1) is 27.5. The lowest BCUT2D eigenvalue weighted by atomic mass is 10.1. The summed E-state index contributed by atoms with van der Waals surface area (Å²) in [5, 5.41) is -0.287. The van der Waals surface area contributed by atoms with E-state index in [2.05, 4.69) is 14.7 Å². The molecule has 2 aromatic heterocycles. The van der Waals surface area contributed by atoms with Crippen LogP contribution in [0.5, 0.6) is 17.2 Å². The van der Waals surface area contributed by atoms with E-state index in [0.29, 0.717) is 22.8 Å². The summed E-state index contributed by atoms with van der Waals surface area (Å²) < 4.78 is 94.0. The number of benzene rings is 2. The van der Waals surface area contributed by atoms with Gasteiger partial charge in [0.1, 0.15) is 17.2 Å². The molecule has 0 fully saturated rings. The van der Waals surface area contributed by atoms with Gasteiger partial charge in [-0.3, -0.25) is 4.98 Å². The minimum absolute atomic E-state index is 0.0782. The third kappa shape index (κ3) is 5.37. The Morgan fingerprint density at radius 3 is 2.29 bits per heavy atom. The number of hydrogen-bond acceptors (Lipinski definition) is 8. The lowest BCUT2D eigenvalue weighted by Crippen LogP contribution is -2.21. The van der Waals surface area contributed by atoms with Gasteiger partial charge < -0.3 is 18.8 Å². The van der Waals surface area contributed by atoms with Crippen molar-refractivity contribution >= 4 is 32.2 Å². The van der Waals surface area contributed by atoms with Gasteiger partial charge in [-0.1, -0.05) is 0 Å². The SMILES string of the molecule is COc1ccc2nc([S+]([O-])Cc3ncc(C)c(OC)c3C)n(S(=O)(=O)c3ccc(OC(F)(F)F)cc3)c2c1. The molecule has 0 bridgehead atoms. The molecule has 0 aliphatic heterocycles. The van der Waals surface area contributed by atoms with Gasteiger partial charge in [0.05, 0.1) is 35.8 Å². The Morgan fingerprint density at radius 1 is 1.03 bits per heavy atom. The van der Waals surface area contributed by atoms with Crippen LogP contribution in [0.2, 0.25) is 0 Å². The molecule has 4 aromatic rings. The molecular formula is C24H22F3N3O6S2. The minimum Gasteiger partial charge on any atom is -0.609 e. The van der Waals surface area contributed by atoms with E-state index in [1.54, 1.807) is 19.2 Å². The molecule has 2 heterocycles. The van der Waals surface area contributed by atoms with Gasteiger partial charge in [-0.15, -0.1) is 13.2 Å². The molecule has 0 saturated heterocycles. The van der Waals surface area contributed by atoms with Crippen LogP contribution in [0, 0.1) is 13.8 Å². The highest BCUT2D eigenvalue weighted by Crippen LogP contribution is 2.32. The van der Waals surface area contributed by atoms with Crippen molar-refractivity contribution < 1.29 is 40.4 Å². The second kappa shape index (κ2) is 10.3. The summed E-state index contributed by atoms with van der Waals surface area (Å²) in [5.41, 5.74) is 2.15. The highest BCUT2D eigenvalue weighted by Gasteiger charge is 2.34. The lowest BCUT2D eigenvalue weighted by Gasteiger charge is -2.15. The second-order valence-electron chi connectivity index (χ2n) is 8.07. The minimum atomic E-state index is -4.94. The van der Waals surface area contributed by atoms with Gasteiger partial charge in [-0.25, -0.2) is 8.42 Å². The molecule has 0 aliphatic rings. The first-order valence-corrected chi connectivity index (χ1v) is 13.7. The molecule has 1 unspecified atom stereocenters. The van der Waals surface area contributed by atoms with Gasteiger partial charge >= 0.3 is 11.5 Å². The second-order valence-corrected chi connectivity index (χ2v) is 11.2. The number of aryl methyl sites for hydroxylation is 1. The molecule has 14 heteroatoms. The summed E-state index contributed by atoms with van der Waals surface area (Å²) in [6.45, 7) is 3.56. The topological polar surface area (TPSA) is 116 Å². The average molecular weight is 570 g/mol. The number of aromatic nitrogens is 3. The quantitative estimate of drug-likeness (QED) is 0.285. The van der Waals surface area contributed by atoms with E-state index in [4.69, 9.17) is 9.47 Å². The zero-order chi connectivity index (χ0) is 27.8. The number of halogens is 3. The van der Waals surface area contributed by atoms with Crippen molar-refractivity contribution in [3.05, 3.63) is 65.5 Å². The van der Waals surface area contributed by atoms with Crippen molar-refractivity contribution in [2.75, 3.05) is 14.2 Å². The van der Waals surface area contributed by atoms with Crippen LogP contribution in [0.15, 0.2) is 58.7 Å². The zero-order valence-electron chi connectivity index (χ0n) is 20.6. The number of pyridine rings is 1. The summed E-state index contributed by atoms with van der Waals surface area (Å²) in [6, 6.07) is 8.18. The fourth-order valence-corrected chi connectivity index (χ4v) is 6.88. The molecule has 0 aliphatic carbocycles. The van der Waals surface area contributed by atoms with E-state index in [0.717, 1.165) is 33.8 Å². The third-order valence-electron chi connectivity index (χ3n) is 5.61. The Labute approximate surface area is 219 Å². The first-order chi connectivity index (χ1) is 17.9. The maximum atomic E-state index is 13.7. The lowest BCUT2D eigenvalue weighted by molar-refractivity contribution is -0.274. The zero-order valence-corrected chi connectivity index (χ0v) is 22.2. The van der Waals surface area contributed by atoms with E-state index in [-0.39, 0.29) is 26.8 Å². The van der Waals surface area contributed by atoms with Crippen LogP contribution >= 0.6 is 0 Å². The first-order valence-electron chi connectivity index (χ1n) is 10.9. The monoisotopic (exact) mass is 569 g/mol. The van der Waals surface area contributed by atoms with Gasteiger partial charge in [0, 0.05) is 34.6 Å². The van der Waals surface area contributed by atoms with Crippen molar-refractivity contribution in [1.29, 1.82) is 0 Å². The van der Waals surface area contributed by atoms with Crippen LogP contribution in [0.25, 0.3) is 11.0 Å². The van der Waals surface area contributed by atoms with Gasteiger partial charge in [0.25, 0.3) is 10.0 Å². The molecule has 0 N–H and O–H groups in total. The van der Waals surface area contributed by atoms with Crippen LogP contribution in [0.3, 0.4) is 0 Å². The van der Waals surface area contributed by atoms with Crippen molar-refractivity contribution in [1.82, 2.24) is 13.9 Å². The molecule has 4 rings (SSSR count). The molecule has 9 nitrogen and oxygen atoms in total. The number of ether oxygens (including phenoxy) is 3. The van der Waals surface area contributed by atoms with E-state index in [9.17, 15) is 26.1 Å². The van der Waals surface area contributed by atoms with Crippen LogP contribution < -0.4 is 14.2 Å². The van der Waals surface area contributed by atoms with E-state index < -0.39 is 33.3 Å². The molecule has 202 valence electrons. The standard InChI is InChI=1S/C24H22F3N3O6S2/c1-14-12-28-20(15(2)22(14)35-4)13-37(31)23-29-19-10-7-17(34-3)11-21(19)30(23)38(32,33)18-8-5-16(6-9-18)36-24(25,26)27/h5-12H,13H2,1-4H3. The number of rotatable bonds is 8. The third-order valence-corrected chi connectivity index (χ3v) is 8.66. The summed E-state index contributed by atoms with van der Waals surface area (Å²) in [5.74, 6) is 0.128. The predicted octanol–water partition coefficient (Wildman–Crippen LogP) is 4.51. The van der Waals surface area contributed by atoms with Crippen LogP contribution in [0.1, 0.15) is 16.8 Å². The Balaban J connectivity index is 1.83. The molecule has 0 saturated carbocycles.